The van der Waals surface area contributed by atoms with Crippen molar-refractivity contribution < 1.29 is 4.52 Å². The van der Waals surface area contributed by atoms with Crippen LogP contribution in [0, 0.1) is 0 Å². The third-order valence-electron chi connectivity index (χ3n) is 2.84. The van der Waals surface area contributed by atoms with E-state index in [4.69, 9.17) is 21.9 Å². The van der Waals surface area contributed by atoms with Gasteiger partial charge in [0.1, 0.15) is 0 Å². The summed E-state index contributed by atoms with van der Waals surface area (Å²) in [6.45, 7) is 3.86. The van der Waals surface area contributed by atoms with Gasteiger partial charge >= 0.3 is 0 Å². The van der Waals surface area contributed by atoms with Gasteiger partial charge in [0.2, 0.25) is 0 Å². The van der Waals surface area contributed by atoms with Gasteiger partial charge in [-0.05, 0) is 47.5 Å². The van der Waals surface area contributed by atoms with Crippen LogP contribution in [0.5, 0.6) is 0 Å². The van der Waals surface area contributed by atoms with Crippen molar-refractivity contribution in [2.75, 3.05) is 0 Å². The van der Waals surface area contributed by atoms with Crippen molar-refractivity contribution in [1.82, 2.24) is 10.1 Å². The zero-order valence-corrected chi connectivity index (χ0v) is 12.4. The Kier molecular flexibility index (Phi) is 3.75. The summed E-state index contributed by atoms with van der Waals surface area (Å²) >= 11 is 9.29. The van der Waals surface area contributed by atoms with Crippen LogP contribution in [0.4, 0.5) is 0 Å². The summed E-state index contributed by atoms with van der Waals surface area (Å²) in [5.74, 6) is 0.943. The van der Waals surface area contributed by atoms with Crippen LogP contribution in [0.15, 0.2) is 27.2 Å². The molecule has 1 atom stereocenters. The van der Waals surface area contributed by atoms with E-state index in [1.807, 2.05) is 26.0 Å². The molecule has 0 fully saturated rings. The van der Waals surface area contributed by atoms with Gasteiger partial charge < -0.3 is 10.3 Å². The van der Waals surface area contributed by atoms with E-state index >= 15 is 0 Å². The first kappa shape index (κ1) is 13.5. The van der Waals surface area contributed by atoms with E-state index in [9.17, 15) is 0 Å². The molecule has 96 valence electrons. The van der Waals surface area contributed by atoms with Gasteiger partial charge in [0.15, 0.2) is 5.82 Å². The van der Waals surface area contributed by atoms with E-state index < -0.39 is 5.54 Å². The van der Waals surface area contributed by atoms with Crippen LogP contribution >= 0.6 is 27.5 Å². The average molecular weight is 331 g/mol. The molecule has 1 unspecified atom stereocenters. The first-order chi connectivity index (χ1) is 8.44. The van der Waals surface area contributed by atoms with E-state index in [1.165, 1.54) is 0 Å². The molecule has 2 rings (SSSR count). The fourth-order valence-electron chi connectivity index (χ4n) is 1.36. The molecule has 0 saturated heterocycles. The molecule has 6 heteroatoms. The second-order valence-corrected chi connectivity index (χ2v) is 5.58. The minimum absolute atomic E-state index is 0.437. The number of aromatic nitrogens is 2. The Hall–Kier alpha value is -0.910. The number of nitrogens with two attached hydrogens (primary N) is 1. The van der Waals surface area contributed by atoms with E-state index in [-0.39, 0.29) is 0 Å². The van der Waals surface area contributed by atoms with Crippen LogP contribution in [-0.2, 0) is 5.54 Å². The monoisotopic (exact) mass is 329 g/mol. The molecule has 0 aliphatic heterocycles. The Labute approximate surface area is 119 Å². The first-order valence-corrected chi connectivity index (χ1v) is 6.69. The molecule has 1 aromatic heterocycles. The smallest absolute Gasteiger partial charge is 0.258 e. The minimum atomic E-state index is -0.578. The molecule has 1 heterocycles. The highest BCUT2D eigenvalue weighted by atomic mass is 79.9. The molecule has 4 nitrogen and oxygen atoms in total. The maximum Gasteiger partial charge on any atom is 0.258 e. The molecule has 2 N–H and O–H groups in total. The molecule has 0 spiro atoms. The molecule has 0 radical (unpaired) electrons. The lowest BCUT2D eigenvalue weighted by Gasteiger charge is -2.16. The minimum Gasteiger partial charge on any atom is -0.334 e. The Morgan fingerprint density at radius 1 is 1.50 bits per heavy atom. The van der Waals surface area contributed by atoms with Gasteiger partial charge in [-0.25, -0.2) is 0 Å². The summed E-state index contributed by atoms with van der Waals surface area (Å²) in [5, 5.41) is 4.56. The van der Waals surface area contributed by atoms with Crippen molar-refractivity contribution in [2.45, 2.75) is 25.8 Å². The summed E-state index contributed by atoms with van der Waals surface area (Å²) in [5.41, 5.74) is 6.29. The van der Waals surface area contributed by atoms with Crippen LogP contribution in [0.2, 0.25) is 5.02 Å². The van der Waals surface area contributed by atoms with E-state index in [2.05, 4.69) is 26.1 Å². The van der Waals surface area contributed by atoms with Crippen molar-refractivity contribution in [2.24, 2.45) is 5.73 Å². The summed E-state index contributed by atoms with van der Waals surface area (Å²) in [7, 11) is 0. The maximum atomic E-state index is 6.07. The van der Waals surface area contributed by atoms with Gasteiger partial charge in [-0.2, -0.15) is 4.98 Å². The first-order valence-electron chi connectivity index (χ1n) is 5.52. The second kappa shape index (κ2) is 4.99. The predicted octanol–water partition coefficient (Wildman–Crippen LogP) is 3.74. The topological polar surface area (TPSA) is 64.9 Å². The Balaban J connectivity index is 2.38. The van der Waals surface area contributed by atoms with Gasteiger partial charge in [-0.15, -0.1) is 0 Å². The molecule has 0 amide bonds. The van der Waals surface area contributed by atoms with Crippen molar-refractivity contribution >= 4 is 27.5 Å². The second-order valence-electron chi connectivity index (χ2n) is 4.32. The van der Waals surface area contributed by atoms with Crippen molar-refractivity contribution in [3.05, 3.63) is 33.5 Å². The predicted molar refractivity (Wildman–Crippen MR) is 74.3 cm³/mol. The van der Waals surface area contributed by atoms with E-state index in [0.717, 1.165) is 16.5 Å². The van der Waals surface area contributed by atoms with Gasteiger partial charge in [-0.1, -0.05) is 23.7 Å². The normalized spacial score (nSPS) is 14.5. The van der Waals surface area contributed by atoms with Crippen LogP contribution in [0.1, 0.15) is 26.1 Å². The highest BCUT2D eigenvalue weighted by Gasteiger charge is 2.25. The summed E-state index contributed by atoms with van der Waals surface area (Å²) in [6, 6.07) is 5.43. The third-order valence-corrected chi connectivity index (χ3v) is 4.05. The highest BCUT2D eigenvalue weighted by Crippen LogP contribution is 2.29. The molecule has 0 bridgehead atoms. The van der Waals surface area contributed by atoms with Crippen molar-refractivity contribution in [3.63, 3.8) is 0 Å². The van der Waals surface area contributed by atoms with Crippen LogP contribution in [-0.4, -0.2) is 10.1 Å². The lowest BCUT2D eigenvalue weighted by atomic mass is 10.0. The fraction of sp³-hybridized carbons (Fsp3) is 0.333. The maximum absolute atomic E-state index is 6.07. The quantitative estimate of drug-likeness (QED) is 0.931. The Bertz CT molecular complexity index is 568. The fourth-order valence-corrected chi connectivity index (χ4v) is 1.86. The third kappa shape index (κ3) is 2.58. The SMILES string of the molecule is CCC(C)(N)c1noc(-c2ccc(Cl)c(Br)c2)n1. The molecular formula is C12H13BrClN3O. The standard InChI is InChI=1S/C12H13BrClN3O/c1-3-12(2,15)11-16-10(18-17-11)7-4-5-9(14)8(13)6-7/h4-6H,3,15H2,1-2H3. The number of nitrogens with zero attached hydrogens (tertiary/aromatic N) is 2. The van der Waals surface area contributed by atoms with Crippen molar-refractivity contribution in [1.29, 1.82) is 0 Å². The zero-order chi connectivity index (χ0) is 13.3. The molecule has 2 aromatic rings. The van der Waals surface area contributed by atoms with Crippen LogP contribution in [0.25, 0.3) is 11.5 Å². The van der Waals surface area contributed by atoms with Crippen molar-refractivity contribution in [3.8, 4) is 11.5 Å². The largest absolute Gasteiger partial charge is 0.334 e. The lowest BCUT2D eigenvalue weighted by Crippen LogP contribution is -2.33. The molecule has 1 aromatic carbocycles. The number of halogens is 2. The number of hydrogen-bond donors (Lipinski definition) is 1. The Morgan fingerprint density at radius 2 is 2.22 bits per heavy atom. The highest BCUT2D eigenvalue weighted by molar-refractivity contribution is 9.10. The van der Waals surface area contributed by atoms with Gasteiger partial charge in [0.25, 0.3) is 5.89 Å². The van der Waals surface area contributed by atoms with Gasteiger partial charge in [0.05, 0.1) is 10.6 Å². The lowest BCUT2D eigenvalue weighted by molar-refractivity contribution is 0.379. The summed E-state index contributed by atoms with van der Waals surface area (Å²) in [4.78, 5) is 4.33. The van der Waals surface area contributed by atoms with Gasteiger partial charge in [-0.3, -0.25) is 0 Å². The summed E-state index contributed by atoms with van der Waals surface area (Å²) in [6.07, 6.45) is 0.732. The molecule has 0 aliphatic rings. The zero-order valence-electron chi connectivity index (χ0n) is 10.1. The van der Waals surface area contributed by atoms with Crippen LogP contribution < -0.4 is 5.73 Å². The molecule has 0 saturated carbocycles. The summed E-state index contributed by atoms with van der Waals surface area (Å²) < 4.78 is 6.01. The molecular weight excluding hydrogens is 318 g/mol. The number of benzene rings is 1. The van der Waals surface area contributed by atoms with Gasteiger partial charge in [0, 0.05) is 10.0 Å². The number of hydrogen-bond acceptors (Lipinski definition) is 4. The van der Waals surface area contributed by atoms with E-state index in [1.54, 1.807) is 6.07 Å². The van der Waals surface area contributed by atoms with E-state index in [0.29, 0.717) is 16.7 Å². The number of rotatable bonds is 3. The van der Waals surface area contributed by atoms with Crippen LogP contribution in [0.3, 0.4) is 0 Å². The molecule has 18 heavy (non-hydrogen) atoms. The molecule has 0 aliphatic carbocycles. The Morgan fingerprint density at radius 3 is 2.83 bits per heavy atom. The average Bonchev–Trinajstić information content (AvgIpc) is 2.83.